The molecule has 0 fully saturated rings. The summed E-state index contributed by atoms with van der Waals surface area (Å²) in [6.45, 7) is 0.297. The second-order valence-electron chi connectivity index (χ2n) is 6.54. The van der Waals surface area contributed by atoms with Gasteiger partial charge in [-0.1, -0.05) is 42.1 Å². The largest absolute Gasteiger partial charge is 0.467 e. The van der Waals surface area contributed by atoms with E-state index in [0.29, 0.717) is 45.9 Å². The third kappa shape index (κ3) is 3.65. The number of hydrogen-bond donors (Lipinski definition) is 0. The van der Waals surface area contributed by atoms with Crippen molar-refractivity contribution in [2.45, 2.75) is 17.5 Å². The van der Waals surface area contributed by atoms with Crippen LogP contribution in [-0.2, 0) is 12.3 Å². The molecule has 2 aromatic carbocycles. The van der Waals surface area contributed by atoms with Gasteiger partial charge in [-0.15, -0.1) is 10.2 Å². The van der Waals surface area contributed by atoms with Crippen LogP contribution >= 0.6 is 11.8 Å². The van der Waals surface area contributed by atoms with Crippen LogP contribution in [0.2, 0.25) is 0 Å². The van der Waals surface area contributed by atoms with Crippen molar-refractivity contribution >= 4 is 22.7 Å². The number of aromatic nitrogens is 4. The number of benzene rings is 2. The summed E-state index contributed by atoms with van der Waals surface area (Å²) >= 11 is 1.37. The molecule has 3 aromatic heterocycles. The Hall–Kier alpha value is -3.65. The van der Waals surface area contributed by atoms with Crippen LogP contribution in [0.25, 0.3) is 22.4 Å². The smallest absolute Gasteiger partial charge is 0.262 e. The third-order valence-corrected chi connectivity index (χ3v) is 5.49. The highest BCUT2D eigenvalue weighted by atomic mass is 32.2. The van der Waals surface area contributed by atoms with Crippen LogP contribution in [0.15, 0.2) is 91.8 Å². The Morgan fingerprint density at radius 1 is 0.933 bits per heavy atom. The normalized spacial score (nSPS) is 11.2. The molecule has 30 heavy (non-hydrogen) atoms. The molecule has 7 nitrogen and oxygen atoms in total. The van der Waals surface area contributed by atoms with E-state index in [1.54, 1.807) is 23.0 Å². The van der Waals surface area contributed by atoms with Crippen molar-refractivity contribution in [1.29, 1.82) is 0 Å². The summed E-state index contributed by atoms with van der Waals surface area (Å²) in [5, 5.41) is 9.37. The highest BCUT2D eigenvalue weighted by molar-refractivity contribution is 7.98. The van der Waals surface area contributed by atoms with E-state index in [0.717, 1.165) is 5.56 Å². The van der Waals surface area contributed by atoms with Gasteiger partial charge in [-0.05, 0) is 36.4 Å². The summed E-state index contributed by atoms with van der Waals surface area (Å²) in [5.74, 6) is 2.00. The number of furan rings is 1. The Kier molecular flexibility index (Phi) is 4.90. The van der Waals surface area contributed by atoms with Gasteiger partial charge < -0.3 is 8.83 Å². The molecule has 0 atom stereocenters. The van der Waals surface area contributed by atoms with Crippen molar-refractivity contribution in [2.75, 3.05) is 0 Å². The molecule has 8 heteroatoms. The molecule has 5 aromatic rings. The predicted octanol–water partition coefficient (Wildman–Crippen LogP) is 4.38. The SMILES string of the molecule is O=c1c2ccccc2nc(SCc2nnc(-c3ccccc3)o2)n1Cc1ccco1. The minimum Gasteiger partial charge on any atom is -0.467 e. The average molecular weight is 416 g/mol. The molecular weight excluding hydrogens is 400 g/mol. The monoisotopic (exact) mass is 416 g/mol. The van der Waals surface area contributed by atoms with Crippen molar-refractivity contribution < 1.29 is 8.83 Å². The van der Waals surface area contributed by atoms with E-state index >= 15 is 0 Å². The molecule has 0 radical (unpaired) electrons. The fourth-order valence-corrected chi connectivity index (χ4v) is 3.93. The van der Waals surface area contributed by atoms with Gasteiger partial charge in [0, 0.05) is 5.56 Å². The topological polar surface area (TPSA) is 87.0 Å². The molecule has 0 unspecified atom stereocenters. The number of fused-ring (bicyclic) bond motifs is 1. The summed E-state index contributed by atoms with van der Waals surface area (Å²) in [5.41, 5.74) is 1.39. The molecule has 0 spiro atoms. The van der Waals surface area contributed by atoms with Crippen LogP contribution in [0, 0.1) is 0 Å². The number of para-hydroxylation sites is 1. The first-order valence-corrected chi connectivity index (χ1v) is 10.3. The van der Waals surface area contributed by atoms with Crippen molar-refractivity contribution in [3.8, 4) is 11.5 Å². The Bertz CT molecular complexity index is 1340. The predicted molar refractivity (Wildman–Crippen MR) is 113 cm³/mol. The highest BCUT2D eigenvalue weighted by Crippen LogP contribution is 2.24. The summed E-state index contributed by atoms with van der Waals surface area (Å²) < 4.78 is 12.8. The summed E-state index contributed by atoms with van der Waals surface area (Å²) in [6, 6.07) is 20.5. The molecule has 5 rings (SSSR count). The van der Waals surface area contributed by atoms with Gasteiger partial charge in [0.25, 0.3) is 5.56 Å². The summed E-state index contributed by atoms with van der Waals surface area (Å²) in [7, 11) is 0. The molecular formula is C22H16N4O3S. The Morgan fingerprint density at radius 3 is 2.60 bits per heavy atom. The maximum Gasteiger partial charge on any atom is 0.262 e. The summed E-state index contributed by atoms with van der Waals surface area (Å²) in [4.78, 5) is 17.8. The van der Waals surface area contributed by atoms with Gasteiger partial charge in [0.05, 0.1) is 29.5 Å². The van der Waals surface area contributed by atoms with Gasteiger partial charge in [-0.3, -0.25) is 9.36 Å². The zero-order valence-corrected chi connectivity index (χ0v) is 16.6. The second kappa shape index (κ2) is 8.00. The van der Waals surface area contributed by atoms with E-state index in [9.17, 15) is 4.79 Å². The second-order valence-corrected chi connectivity index (χ2v) is 7.48. The molecule has 0 aliphatic heterocycles. The van der Waals surface area contributed by atoms with Crippen LogP contribution in [0.5, 0.6) is 0 Å². The van der Waals surface area contributed by atoms with Crippen LogP contribution in [0.3, 0.4) is 0 Å². The van der Waals surface area contributed by atoms with E-state index in [1.165, 1.54) is 11.8 Å². The van der Waals surface area contributed by atoms with E-state index in [4.69, 9.17) is 13.8 Å². The lowest BCUT2D eigenvalue weighted by molar-refractivity contribution is 0.476. The zero-order chi connectivity index (χ0) is 20.3. The van der Waals surface area contributed by atoms with E-state index in [-0.39, 0.29) is 5.56 Å². The molecule has 0 aliphatic carbocycles. The van der Waals surface area contributed by atoms with Gasteiger partial charge in [-0.25, -0.2) is 4.98 Å². The minimum absolute atomic E-state index is 0.116. The van der Waals surface area contributed by atoms with Crippen LogP contribution in [0.1, 0.15) is 11.7 Å². The number of rotatable bonds is 6. The van der Waals surface area contributed by atoms with Gasteiger partial charge in [0.15, 0.2) is 5.16 Å². The first-order chi connectivity index (χ1) is 14.8. The van der Waals surface area contributed by atoms with Gasteiger partial charge in [0.2, 0.25) is 11.8 Å². The third-order valence-electron chi connectivity index (χ3n) is 4.53. The van der Waals surface area contributed by atoms with Crippen molar-refractivity contribution in [3.63, 3.8) is 0 Å². The zero-order valence-electron chi connectivity index (χ0n) is 15.8. The lowest BCUT2D eigenvalue weighted by Gasteiger charge is -2.11. The van der Waals surface area contributed by atoms with Crippen LogP contribution in [0.4, 0.5) is 0 Å². The Balaban J connectivity index is 1.46. The number of nitrogens with zero attached hydrogens (tertiary/aromatic N) is 4. The summed E-state index contributed by atoms with van der Waals surface area (Å²) in [6.07, 6.45) is 1.59. The van der Waals surface area contributed by atoms with Crippen LogP contribution < -0.4 is 5.56 Å². The standard InChI is InChI=1S/C22H16N4O3S/c27-21-17-10-4-5-11-18(17)23-22(26(21)13-16-9-6-12-28-16)30-14-19-24-25-20(29-19)15-7-2-1-3-8-15/h1-12H,13-14H2. The molecule has 0 N–H and O–H groups in total. The fraction of sp³-hybridized carbons (Fsp3) is 0.0909. The number of hydrogen-bond acceptors (Lipinski definition) is 7. The molecule has 3 heterocycles. The molecule has 148 valence electrons. The maximum atomic E-state index is 13.1. The van der Waals surface area contributed by atoms with Gasteiger partial charge in [0.1, 0.15) is 5.76 Å². The Morgan fingerprint density at radius 2 is 1.77 bits per heavy atom. The quantitative estimate of drug-likeness (QED) is 0.300. The molecule has 0 aliphatic rings. The molecule has 0 amide bonds. The lowest BCUT2D eigenvalue weighted by atomic mass is 10.2. The van der Waals surface area contributed by atoms with Crippen molar-refractivity contribution in [1.82, 2.24) is 19.7 Å². The maximum absolute atomic E-state index is 13.1. The first kappa shape index (κ1) is 18.4. The van der Waals surface area contributed by atoms with Crippen LogP contribution in [-0.4, -0.2) is 19.7 Å². The molecule has 0 saturated heterocycles. The van der Waals surface area contributed by atoms with E-state index in [2.05, 4.69) is 10.2 Å². The molecule has 0 bridgehead atoms. The fourth-order valence-electron chi connectivity index (χ4n) is 3.09. The Labute approximate surface area is 175 Å². The lowest BCUT2D eigenvalue weighted by Crippen LogP contribution is -2.23. The van der Waals surface area contributed by atoms with Crippen molar-refractivity contribution in [2.24, 2.45) is 0 Å². The average Bonchev–Trinajstić information content (AvgIpc) is 3.47. The molecule has 0 saturated carbocycles. The van der Waals surface area contributed by atoms with E-state index in [1.807, 2.05) is 54.6 Å². The van der Waals surface area contributed by atoms with Gasteiger partial charge >= 0.3 is 0 Å². The minimum atomic E-state index is -0.116. The van der Waals surface area contributed by atoms with Crippen molar-refractivity contribution in [3.05, 3.63) is 95.0 Å². The van der Waals surface area contributed by atoms with Gasteiger partial charge in [-0.2, -0.15) is 0 Å². The van der Waals surface area contributed by atoms with E-state index < -0.39 is 0 Å². The first-order valence-electron chi connectivity index (χ1n) is 9.30. The number of thioether (sulfide) groups is 1. The highest BCUT2D eigenvalue weighted by Gasteiger charge is 2.15.